The fourth-order valence-corrected chi connectivity index (χ4v) is 4.33. The van der Waals surface area contributed by atoms with Crippen LogP contribution in [0.4, 0.5) is 5.69 Å². The second-order valence-electron chi connectivity index (χ2n) is 7.33. The van der Waals surface area contributed by atoms with Crippen molar-refractivity contribution < 1.29 is 14.4 Å². The SMILES string of the molecule is COc1ccc(N(C(=O)c2ccc(Cl)cc2)C2=C[C@H]3CC[C@@H](C2)[NH+]3C)cc1. The van der Waals surface area contributed by atoms with Crippen molar-refractivity contribution in [2.24, 2.45) is 0 Å². The van der Waals surface area contributed by atoms with E-state index in [-0.39, 0.29) is 5.91 Å². The molecule has 0 aromatic heterocycles. The van der Waals surface area contributed by atoms with Gasteiger partial charge in [-0.15, -0.1) is 0 Å². The Labute approximate surface area is 165 Å². The highest BCUT2D eigenvalue weighted by atomic mass is 35.5. The molecule has 2 aromatic rings. The molecule has 1 fully saturated rings. The van der Waals surface area contributed by atoms with E-state index in [4.69, 9.17) is 16.3 Å². The monoisotopic (exact) mass is 383 g/mol. The zero-order chi connectivity index (χ0) is 19.0. The lowest BCUT2D eigenvalue weighted by molar-refractivity contribution is -0.911. The fraction of sp³-hybridized carbons (Fsp3) is 0.318. The first kappa shape index (κ1) is 18.1. The number of quaternary nitrogens is 1. The van der Waals surface area contributed by atoms with E-state index in [0.717, 1.165) is 23.6 Å². The number of hydrogen-bond acceptors (Lipinski definition) is 2. The summed E-state index contributed by atoms with van der Waals surface area (Å²) in [6.07, 6.45) is 5.60. The number of likely N-dealkylation sites (N-methyl/N-ethyl adjacent to an activating group) is 1. The van der Waals surface area contributed by atoms with Gasteiger partial charge in [-0.3, -0.25) is 9.69 Å². The van der Waals surface area contributed by atoms with Crippen LogP contribution in [-0.4, -0.2) is 32.1 Å². The Morgan fingerprint density at radius 1 is 1.11 bits per heavy atom. The summed E-state index contributed by atoms with van der Waals surface area (Å²) < 4.78 is 5.27. The van der Waals surface area contributed by atoms with Crippen LogP contribution < -0.4 is 14.5 Å². The van der Waals surface area contributed by atoms with Gasteiger partial charge in [-0.25, -0.2) is 0 Å². The minimum Gasteiger partial charge on any atom is -0.497 e. The molecule has 2 aromatic carbocycles. The lowest BCUT2D eigenvalue weighted by Crippen LogP contribution is -3.14. The van der Waals surface area contributed by atoms with Gasteiger partial charge >= 0.3 is 0 Å². The van der Waals surface area contributed by atoms with Crippen LogP contribution in [0.2, 0.25) is 5.02 Å². The van der Waals surface area contributed by atoms with E-state index in [9.17, 15) is 4.79 Å². The Kier molecular flexibility index (Phi) is 4.94. The van der Waals surface area contributed by atoms with Crippen LogP contribution in [-0.2, 0) is 0 Å². The molecule has 4 nitrogen and oxygen atoms in total. The number of methoxy groups -OCH3 is 1. The Bertz CT molecular complexity index is 861. The van der Waals surface area contributed by atoms with Crippen LogP contribution in [0.15, 0.2) is 60.3 Å². The molecule has 0 radical (unpaired) electrons. The zero-order valence-electron chi connectivity index (χ0n) is 15.6. The van der Waals surface area contributed by atoms with Crippen molar-refractivity contribution in [2.75, 3.05) is 19.1 Å². The molecule has 140 valence electrons. The summed E-state index contributed by atoms with van der Waals surface area (Å²) in [5.74, 6) is 0.751. The van der Waals surface area contributed by atoms with Crippen molar-refractivity contribution in [3.05, 3.63) is 70.9 Å². The number of anilines is 1. The number of amides is 1. The molecular weight excluding hydrogens is 360 g/mol. The Balaban J connectivity index is 1.74. The molecule has 2 aliphatic heterocycles. The number of hydrogen-bond donors (Lipinski definition) is 1. The highest BCUT2D eigenvalue weighted by Gasteiger charge is 2.40. The maximum Gasteiger partial charge on any atom is 0.262 e. The second-order valence-corrected chi connectivity index (χ2v) is 7.77. The predicted octanol–water partition coefficient (Wildman–Crippen LogP) is 3.33. The molecule has 2 heterocycles. The number of carbonyl (C=O) groups excluding carboxylic acids is 1. The molecule has 0 aliphatic carbocycles. The van der Waals surface area contributed by atoms with Crippen molar-refractivity contribution >= 4 is 23.2 Å². The molecule has 0 saturated carbocycles. The van der Waals surface area contributed by atoms with E-state index >= 15 is 0 Å². The lowest BCUT2D eigenvalue weighted by Gasteiger charge is -2.33. The molecule has 1 amide bonds. The number of nitrogens with one attached hydrogen (secondary N) is 1. The zero-order valence-corrected chi connectivity index (χ0v) is 16.4. The van der Waals surface area contributed by atoms with Crippen LogP contribution in [0.5, 0.6) is 5.75 Å². The molecule has 2 aliphatic rings. The van der Waals surface area contributed by atoms with E-state index < -0.39 is 0 Å². The predicted molar refractivity (Wildman–Crippen MR) is 108 cm³/mol. The largest absolute Gasteiger partial charge is 0.497 e. The molecule has 2 bridgehead atoms. The first-order valence-electron chi connectivity index (χ1n) is 9.35. The number of halogens is 1. The molecule has 3 atom stereocenters. The molecule has 27 heavy (non-hydrogen) atoms. The fourth-order valence-electron chi connectivity index (χ4n) is 4.20. The summed E-state index contributed by atoms with van der Waals surface area (Å²) in [5, 5.41) is 0.627. The van der Waals surface area contributed by atoms with Crippen molar-refractivity contribution in [1.29, 1.82) is 0 Å². The molecule has 1 unspecified atom stereocenters. The van der Waals surface area contributed by atoms with Crippen molar-refractivity contribution in [3.63, 3.8) is 0 Å². The first-order chi connectivity index (χ1) is 13.1. The van der Waals surface area contributed by atoms with E-state index in [2.05, 4.69) is 13.1 Å². The molecule has 5 heteroatoms. The minimum atomic E-state index is -0.0259. The van der Waals surface area contributed by atoms with Gasteiger partial charge in [0, 0.05) is 41.2 Å². The summed E-state index contributed by atoms with van der Waals surface area (Å²) in [5.41, 5.74) is 2.59. The van der Waals surface area contributed by atoms with Crippen LogP contribution in [0.25, 0.3) is 0 Å². The van der Waals surface area contributed by atoms with Crippen molar-refractivity contribution in [1.82, 2.24) is 0 Å². The smallest absolute Gasteiger partial charge is 0.262 e. The van der Waals surface area contributed by atoms with Crippen molar-refractivity contribution in [3.8, 4) is 5.75 Å². The summed E-state index contributed by atoms with van der Waals surface area (Å²) in [6, 6.07) is 15.8. The summed E-state index contributed by atoms with van der Waals surface area (Å²) in [4.78, 5) is 16.9. The van der Waals surface area contributed by atoms with Crippen LogP contribution in [0.1, 0.15) is 29.6 Å². The summed E-state index contributed by atoms with van der Waals surface area (Å²) >= 11 is 6.00. The van der Waals surface area contributed by atoms with Gasteiger partial charge in [-0.2, -0.15) is 0 Å². The van der Waals surface area contributed by atoms with E-state index in [1.807, 2.05) is 29.2 Å². The number of benzene rings is 2. The number of rotatable bonds is 4. The Morgan fingerprint density at radius 2 is 1.81 bits per heavy atom. The third-order valence-corrected chi connectivity index (χ3v) is 6.07. The van der Waals surface area contributed by atoms with Gasteiger partial charge in [0.1, 0.15) is 11.8 Å². The third-order valence-electron chi connectivity index (χ3n) is 5.82. The number of nitrogens with zero attached hydrogens (tertiary/aromatic N) is 1. The van der Waals surface area contributed by atoms with Gasteiger partial charge < -0.3 is 9.64 Å². The summed E-state index contributed by atoms with van der Waals surface area (Å²) in [6.45, 7) is 0. The standard InChI is InChI=1S/C22H23ClN2O2/c1-24-18-7-8-19(24)14-20(13-18)25(17-9-11-21(27-2)12-10-17)22(26)15-3-5-16(23)6-4-15/h3-6,9-13,18-19H,7-8,14H2,1-2H3/p+1/t18-,19+/m1/s1. The topological polar surface area (TPSA) is 34.0 Å². The average molecular weight is 384 g/mol. The maximum atomic E-state index is 13.4. The summed E-state index contributed by atoms with van der Waals surface area (Å²) in [7, 11) is 3.90. The number of carbonyl (C=O) groups is 1. The Hall–Kier alpha value is -2.30. The van der Waals surface area contributed by atoms with Gasteiger partial charge in [0.2, 0.25) is 0 Å². The van der Waals surface area contributed by atoms with Crippen LogP contribution >= 0.6 is 11.6 Å². The van der Waals surface area contributed by atoms with Crippen molar-refractivity contribution in [2.45, 2.75) is 31.3 Å². The highest BCUT2D eigenvalue weighted by molar-refractivity contribution is 6.30. The normalized spacial score (nSPS) is 23.7. The van der Waals surface area contributed by atoms with E-state index in [1.165, 1.54) is 12.8 Å². The van der Waals surface area contributed by atoms with Gasteiger partial charge in [0.25, 0.3) is 5.91 Å². The minimum absolute atomic E-state index is 0.0259. The van der Waals surface area contributed by atoms with Gasteiger partial charge in [0.05, 0.1) is 20.2 Å². The average Bonchev–Trinajstić information content (AvgIpc) is 2.90. The number of ether oxygens (including phenoxy) is 1. The van der Waals surface area contributed by atoms with Gasteiger partial charge in [-0.1, -0.05) is 11.6 Å². The number of fused-ring (bicyclic) bond motifs is 2. The molecule has 1 saturated heterocycles. The first-order valence-corrected chi connectivity index (χ1v) is 9.72. The Morgan fingerprint density at radius 3 is 2.44 bits per heavy atom. The second kappa shape index (κ2) is 7.37. The van der Waals surface area contributed by atoms with Gasteiger partial charge in [0.15, 0.2) is 0 Å². The van der Waals surface area contributed by atoms with Crippen LogP contribution in [0, 0.1) is 0 Å². The third kappa shape index (κ3) is 3.47. The van der Waals surface area contributed by atoms with E-state index in [1.54, 1.807) is 36.3 Å². The van der Waals surface area contributed by atoms with Crippen LogP contribution in [0.3, 0.4) is 0 Å². The quantitative estimate of drug-likeness (QED) is 0.878. The molecule has 1 N–H and O–H groups in total. The maximum absolute atomic E-state index is 13.4. The molecular formula is C22H24ClN2O2+. The molecule has 0 spiro atoms. The van der Waals surface area contributed by atoms with E-state index in [0.29, 0.717) is 22.7 Å². The lowest BCUT2D eigenvalue weighted by atomic mass is 10.0. The molecule has 4 rings (SSSR count). The van der Waals surface area contributed by atoms with Gasteiger partial charge in [-0.05, 0) is 54.6 Å². The highest BCUT2D eigenvalue weighted by Crippen LogP contribution is 2.31.